The molecule has 0 saturated heterocycles. The first-order chi connectivity index (χ1) is 11.0. The van der Waals surface area contributed by atoms with Gasteiger partial charge in [-0.05, 0) is 37.6 Å². The van der Waals surface area contributed by atoms with Crippen molar-refractivity contribution in [3.8, 4) is 17.2 Å². The standard InChI is InChI=1S/C17H21NO4S/c1-10-6-13(11(2)23-10)17(19)18-9-12-7-14(20-3)16(22-5)15(8-12)21-4/h6-8H,9H2,1-5H3,(H,18,19). The van der Waals surface area contributed by atoms with Crippen molar-refractivity contribution in [3.63, 3.8) is 0 Å². The third-order valence-electron chi connectivity index (χ3n) is 3.46. The Morgan fingerprint density at radius 3 is 2.09 bits per heavy atom. The van der Waals surface area contributed by atoms with E-state index in [1.165, 1.54) is 0 Å². The van der Waals surface area contributed by atoms with Crippen molar-refractivity contribution in [1.82, 2.24) is 5.32 Å². The first-order valence-electron chi connectivity index (χ1n) is 7.14. The zero-order chi connectivity index (χ0) is 17.0. The van der Waals surface area contributed by atoms with Gasteiger partial charge >= 0.3 is 0 Å². The van der Waals surface area contributed by atoms with Crippen molar-refractivity contribution >= 4 is 17.2 Å². The van der Waals surface area contributed by atoms with Gasteiger partial charge in [0, 0.05) is 16.3 Å². The molecule has 2 rings (SSSR count). The van der Waals surface area contributed by atoms with Crippen molar-refractivity contribution in [2.75, 3.05) is 21.3 Å². The number of nitrogens with one attached hydrogen (secondary N) is 1. The van der Waals surface area contributed by atoms with E-state index in [0.29, 0.717) is 23.8 Å². The lowest BCUT2D eigenvalue weighted by Crippen LogP contribution is -2.23. The molecule has 0 bridgehead atoms. The summed E-state index contributed by atoms with van der Waals surface area (Å²) in [6.45, 7) is 4.32. The number of carbonyl (C=O) groups excluding carboxylic acids is 1. The molecule has 1 N–H and O–H groups in total. The maximum Gasteiger partial charge on any atom is 0.252 e. The van der Waals surface area contributed by atoms with Crippen LogP contribution in [0.15, 0.2) is 18.2 Å². The van der Waals surface area contributed by atoms with Crippen LogP contribution in [-0.4, -0.2) is 27.2 Å². The number of ether oxygens (including phenoxy) is 3. The Balaban J connectivity index is 2.17. The molecule has 0 aliphatic heterocycles. The van der Waals surface area contributed by atoms with Crippen molar-refractivity contribution in [3.05, 3.63) is 39.1 Å². The summed E-state index contributed by atoms with van der Waals surface area (Å²) in [4.78, 5) is 14.4. The number of carbonyl (C=O) groups is 1. The lowest BCUT2D eigenvalue weighted by atomic mass is 10.1. The van der Waals surface area contributed by atoms with Crippen LogP contribution in [0.1, 0.15) is 25.7 Å². The highest BCUT2D eigenvalue weighted by Gasteiger charge is 2.15. The Labute approximate surface area is 140 Å². The van der Waals surface area contributed by atoms with E-state index in [1.54, 1.807) is 32.7 Å². The second-order valence-electron chi connectivity index (χ2n) is 5.04. The zero-order valence-electron chi connectivity index (χ0n) is 14.0. The average Bonchev–Trinajstić information content (AvgIpc) is 2.89. The third kappa shape index (κ3) is 3.76. The van der Waals surface area contributed by atoms with E-state index in [0.717, 1.165) is 20.9 Å². The predicted octanol–water partition coefficient (Wildman–Crippen LogP) is 3.32. The minimum atomic E-state index is -0.0828. The molecule has 0 unspecified atom stereocenters. The van der Waals surface area contributed by atoms with Gasteiger partial charge in [0.1, 0.15) is 0 Å². The summed E-state index contributed by atoms with van der Waals surface area (Å²) >= 11 is 1.62. The summed E-state index contributed by atoms with van der Waals surface area (Å²) < 4.78 is 15.9. The van der Waals surface area contributed by atoms with Crippen molar-refractivity contribution in [1.29, 1.82) is 0 Å². The topological polar surface area (TPSA) is 56.8 Å². The number of methoxy groups -OCH3 is 3. The summed E-state index contributed by atoms with van der Waals surface area (Å²) in [5.41, 5.74) is 1.59. The number of hydrogen-bond donors (Lipinski definition) is 1. The summed E-state index contributed by atoms with van der Waals surface area (Å²) in [6.07, 6.45) is 0. The molecule has 1 aromatic heterocycles. The minimum absolute atomic E-state index is 0.0828. The molecule has 124 valence electrons. The van der Waals surface area contributed by atoms with E-state index in [9.17, 15) is 4.79 Å². The predicted molar refractivity (Wildman–Crippen MR) is 91.1 cm³/mol. The van der Waals surface area contributed by atoms with Crippen LogP contribution in [0, 0.1) is 13.8 Å². The molecule has 1 aromatic carbocycles. The molecule has 0 spiro atoms. The molecular weight excluding hydrogens is 314 g/mol. The highest BCUT2D eigenvalue weighted by molar-refractivity contribution is 7.12. The summed E-state index contributed by atoms with van der Waals surface area (Å²) in [5, 5.41) is 2.93. The molecule has 0 aliphatic carbocycles. The second kappa shape index (κ2) is 7.37. The van der Waals surface area contributed by atoms with Gasteiger partial charge < -0.3 is 19.5 Å². The molecule has 1 amide bonds. The van der Waals surface area contributed by atoms with Crippen LogP contribution in [-0.2, 0) is 6.54 Å². The van der Waals surface area contributed by atoms with Crippen LogP contribution in [0.2, 0.25) is 0 Å². The number of benzene rings is 1. The van der Waals surface area contributed by atoms with E-state index >= 15 is 0 Å². The maximum absolute atomic E-state index is 12.3. The molecule has 0 aliphatic rings. The van der Waals surface area contributed by atoms with Crippen molar-refractivity contribution < 1.29 is 19.0 Å². The van der Waals surface area contributed by atoms with Crippen LogP contribution in [0.4, 0.5) is 0 Å². The number of hydrogen-bond acceptors (Lipinski definition) is 5. The van der Waals surface area contributed by atoms with E-state index in [4.69, 9.17) is 14.2 Å². The SMILES string of the molecule is COc1cc(CNC(=O)c2cc(C)sc2C)cc(OC)c1OC. The first kappa shape index (κ1) is 17.1. The Morgan fingerprint density at radius 2 is 1.65 bits per heavy atom. The van der Waals surface area contributed by atoms with Gasteiger partial charge in [-0.2, -0.15) is 0 Å². The third-order valence-corrected chi connectivity index (χ3v) is 4.43. The Kier molecular flexibility index (Phi) is 5.50. The maximum atomic E-state index is 12.3. The second-order valence-corrected chi connectivity index (χ2v) is 6.50. The molecule has 1 heterocycles. The molecule has 23 heavy (non-hydrogen) atoms. The monoisotopic (exact) mass is 335 g/mol. The normalized spacial score (nSPS) is 10.3. The number of aryl methyl sites for hydroxylation is 2. The molecule has 6 heteroatoms. The van der Waals surface area contributed by atoms with Crippen LogP contribution < -0.4 is 19.5 Å². The summed E-state index contributed by atoms with van der Waals surface area (Å²) in [7, 11) is 4.69. The van der Waals surface area contributed by atoms with E-state index in [-0.39, 0.29) is 5.91 Å². The van der Waals surface area contributed by atoms with Gasteiger partial charge in [0.25, 0.3) is 5.91 Å². The lowest BCUT2D eigenvalue weighted by Gasteiger charge is -2.14. The highest BCUT2D eigenvalue weighted by Crippen LogP contribution is 2.38. The molecule has 0 atom stereocenters. The van der Waals surface area contributed by atoms with Crippen LogP contribution in [0.5, 0.6) is 17.2 Å². The van der Waals surface area contributed by atoms with Crippen LogP contribution in [0.25, 0.3) is 0 Å². The fourth-order valence-electron chi connectivity index (χ4n) is 2.37. The molecule has 2 aromatic rings. The van der Waals surface area contributed by atoms with Crippen LogP contribution >= 0.6 is 11.3 Å². The number of thiophene rings is 1. The van der Waals surface area contributed by atoms with Gasteiger partial charge in [-0.15, -0.1) is 11.3 Å². The molecular formula is C17H21NO4S. The van der Waals surface area contributed by atoms with E-state index in [1.807, 2.05) is 32.0 Å². The van der Waals surface area contributed by atoms with E-state index in [2.05, 4.69) is 5.32 Å². The lowest BCUT2D eigenvalue weighted by molar-refractivity contribution is 0.0950. The fraction of sp³-hybridized carbons (Fsp3) is 0.353. The zero-order valence-corrected chi connectivity index (χ0v) is 14.8. The Hall–Kier alpha value is -2.21. The summed E-state index contributed by atoms with van der Waals surface area (Å²) in [6, 6.07) is 5.56. The highest BCUT2D eigenvalue weighted by atomic mass is 32.1. The van der Waals surface area contributed by atoms with Gasteiger partial charge in [0.05, 0.1) is 26.9 Å². The minimum Gasteiger partial charge on any atom is -0.493 e. The Bertz CT molecular complexity index is 684. The van der Waals surface area contributed by atoms with Gasteiger partial charge in [-0.25, -0.2) is 0 Å². The molecule has 0 fully saturated rings. The van der Waals surface area contributed by atoms with Gasteiger partial charge in [0.15, 0.2) is 11.5 Å². The molecule has 0 radical (unpaired) electrons. The van der Waals surface area contributed by atoms with Crippen LogP contribution in [0.3, 0.4) is 0 Å². The van der Waals surface area contributed by atoms with Gasteiger partial charge in [-0.3, -0.25) is 4.79 Å². The summed E-state index contributed by atoms with van der Waals surface area (Å²) in [5.74, 6) is 1.59. The smallest absolute Gasteiger partial charge is 0.252 e. The van der Waals surface area contributed by atoms with Gasteiger partial charge in [-0.1, -0.05) is 0 Å². The van der Waals surface area contributed by atoms with Crippen molar-refractivity contribution in [2.24, 2.45) is 0 Å². The largest absolute Gasteiger partial charge is 0.493 e. The number of rotatable bonds is 6. The van der Waals surface area contributed by atoms with E-state index < -0.39 is 0 Å². The Morgan fingerprint density at radius 1 is 1.04 bits per heavy atom. The average molecular weight is 335 g/mol. The molecule has 5 nitrogen and oxygen atoms in total. The van der Waals surface area contributed by atoms with Crippen molar-refractivity contribution in [2.45, 2.75) is 20.4 Å². The number of amides is 1. The molecule has 0 saturated carbocycles. The fourth-order valence-corrected chi connectivity index (χ4v) is 3.29. The first-order valence-corrected chi connectivity index (χ1v) is 7.96. The quantitative estimate of drug-likeness (QED) is 0.880. The van der Waals surface area contributed by atoms with Gasteiger partial charge in [0.2, 0.25) is 5.75 Å².